The lowest BCUT2D eigenvalue weighted by Crippen LogP contribution is -2.18. The molecule has 4 heteroatoms. The van der Waals surface area contributed by atoms with Crippen molar-refractivity contribution in [1.82, 2.24) is 4.98 Å². The number of aromatic nitrogens is 1. The minimum Gasteiger partial charge on any atom is -0.392 e. The first-order chi connectivity index (χ1) is 9.62. The van der Waals surface area contributed by atoms with Crippen molar-refractivity contribution < 1.29 is 9.50 Å². The van der Waals surface area contributed by atoms with Gasteiger partial charge in [-0.05, 0) is 41.8 Å². The van der Waals surface area contributed by atoms with Gasteiger partial charge in [0.25, 0.3) is 0 Å². The number of aliphatic hydroxyl groups excluding tert-OH is 1. The van der Waals surface area contributed by atoms with Crippen LogP contribution in [0.5, 0.6) is 0 Å². The van der Waals surface area contributed by atoms with Crippen LogP contribution in [-0.4, -0.2) is 17.1 Å². The Hall–Kier alpha value is -1.94. The summed E-state index contributed by atoms with van der Waals surface area (Å²) in [7, 11) is 1.94. The van der Waals surface area contributed by atoms with Gasteiger partial charge in [-0.1, -0.05) is 19.1 Å². The molecular weight excluding hydrogens is 255 g/mol. The quantitative estimate of drug-likeness (QED) is 0.910. The van der Waals surface area contributed by atoms with Gasteiger partial charge in [-0.2, -0.15) is 0 Å². The van der Waals surface area contributed by atoms with Gasteiger partial charge in [0, 0.05) is 19.3 Å². The second kappa shape index (κ2) is 6.48. The summed E-state index contributed by atoms with van der Waals surface area (Å²) in [5.41, 5.74) is 2.83. The Morgan fingerprint density at radius 2 is 1.85 bits per heavy atom. The van der Waals surface area contributed by atoms with Crippen LogP contribution in [0, 0.1) is 5.82 Å². The van der Waals surface area contributed by atoms with E-state index in [0.29, 0.717) is 6.54 Å². The van der Waals surface area contributed by atoms with E-state index in [2.05, 4.69) is 4.98 Å². The fraction of sp³-hybridized carbons (Fsp3) is 0.312. The maximum atomic E-state index is 12.9. The first-order valence-corrected chi connectivity index (χ1v) is 6.68. The summed E-state index contributed by atoms with van der Waals surface area (Å²) in [6.45, 7) is 2.69. The molecule has 1 heterocycles. The lowest BCUT2D eigenvalue weighted by molar-refractivity contribution is 0.281. The second-order valence-corrected chi connectivity index (χ2v) is 4.82. The fourth-order valence-corrected chi connectivity index (χ4v) is 2.05. The summed E-state index contributed by atoms with van der Waals surface area (Å²) >= 11 is 0. The number of hydrogen-bond donors (Lipinski definition) is 1. The molecule has 1 aromatic heterocycles. The standard InChI is InChI=1S/C16H19FN2O/c1-3-15-8-13(11-20)9-16(18-15)19(2)10-12-4-6-14(17)7-5-12/h4-9,20H,3,10-11H2,1-2H3. The normalized spacial score (nSPS) is 10.6. The molecule has 0 aliphatic rings. The van der Waals surface area contributed by atoms with E-state index in [4.69, 9.17) is 0 Å². The first-order valence-electron chi connectivity index (χ1n) is 6.68. The van der Waals surface area contributed by atoms with Crippen molar-refractivity contribution in [3.05, 3.63) is 59.0 Å². The van der Waals surface area contributed by atoms with Crippen LogP contribution in [-0.2, 0) is 19.6 Å². The van der Waals surface area contributed by atoms with Crippen LogP contribution in [0.2, 0.25) is 0 Å². The zero-order chi connectivity index (χ0) is 14.5. The van der Waals surface area contributed by atoms with Gasteiger partial charge in [0.15, 0.2) is 0 Å². The van der Waals surface area contributed by atoms with Gasteiger partial charge in [0.1, 0.15) is 11.6 Å². The van der Waals surface area contributed by atoms with Crippen LogP contribution in [0.25, 0.3) is 0 Å². The number of anilines is 1. The Bertz CT molecular complexity index is 547. The zero-order valence-corrected chi connectivity index (χ0v) is 11.8. The fourth-order valence-electron chi connectivity index (χ4n) is 2.05. The third kappa shape index (κ3) is 3.54. The minimum absolute atomic E-state index is 0.00685. The highest BCUT2D eigenvalue weighted by Gasteiger charge is 2.07. The van der Waals surface area contributed by atoms with Crippen LogP contribution in [0.3, 0.4) is 0 Å². The molecule has 0 atom stereocenters. The summed E-state index contributed by atoms with van der Waals surface area (Å²) in [5.74, 6) is 0.586. The number of halogens is 1. The zero-order valence-electron chi connectivity index (χ0n) is 11.8. The summed E-state index contributed by atoms with van der Waals surface area (Å²) in [5, 5.41) is 9.30. The topological polar surface area (TPSA) is 36.4 Å². The maximum Gasteiger partial charge on any atom is 0.129 e. The van der Waals surface area contributed by atoms with Crippen molar-refractivity contribution in [3.8, 4) is 0 Å². The third-order valence-electron chi connectivity index (χ3n) is 3.19. The van der Waals surface area contributed by atoms with E-state index in [-0.39, 0.29) is 12.4 Å². The number of hydrogen-bond acceptors (Lipinski definition) is 3. The highest BCUT2D eigenvalue weighted by molar-refractivity contribution is 5.42. The molecular formula is C16H19FN2O. The minimum atomic E-state index is -0.231. The SMILES string of the molecule is CCc1cc(CO)cc(N(C)Cc2ccc(F)cc2)n1. The van der Waals surface area contributed by atoms with Gasteiger partial charge in [-0.25, -0.2) is 9.37 Å². The molecule has 0 bridgehead atoms. The Morgan fingerprint density at radius 1 is 1.15 bits per heavy atom. The van der Waals surface area contributed by atoms with E-state index in [0.717, 1.165) is 29.1 Å². The van der Waals surface area contributed by atoms with Crippen molar-refractivity contribution >= 4 is 5.82 Å². The van der Waals surface area contributed by atoms with E-state index in [1.165, 1.54) is 12.1 Å². The number of nitrogens with zero attached hydrogens (tertiary/aromatic N) is 2. The molecule has 2 rings (SSSR count). The molecule has 1 aromatic carbocycles. The Labute approximate surface area is 118 Å². The average Bonchev–Trinajstić information content (AvgIpc) is 2.48. The molecule has 0 fully saturated rings. The lowest BCUT2D eigenvalue weighted by atomic mass is 10.2. The molecule has 0 aliphatic heterocycles. The molecule has 0 spiro atoms. The Kier molecular flexibility index (Phi) is 4.69. The highest BCUT2D eigenvalue weighted by Crippen LogP contribution is 2.17. The Morgan fingerprint density at radius 3 is 2.45 bits per heavy atom. The summed E-state index contributed by atoms with van der Waals surface area (Å²) in [4.78, 5) is 6.55. The van der Waals surface area contributed by atoms with Crippen LogP contribution in [0.15, 0.2) is 36.4 Å². The van der Waals surface area contributed by atoms with Crippen molar-refractivity contribution in [2.45, 2.75) is 26.5 Å². The third-order valence-corrected chi connectivity index (χ3v) is 3.19. The van der Waals surface area contributed by atoms with Gasteiger partial charge < -0.3 is 10.0 Å². The molecule has 0 amide bonds. The van der Waals surface area contributed by atoms with E-state index in [9.17, 15) is 9.50 Å². The molecule has 0 saturated carbocycles. The van der Waals surface area contributed by atoms with E-state index in [1.807, 2.05) is 31.0 Å². The van der Waals surface area contributed by atoms with Crippen molar-refractivity contribution in [2.24, 2.45) is 0 Å². The maximum absolute atomic E-state index is 12.9. The van der Waals surface area contributed by atoms with Gasteiger partial charge in [0.05, 0.1) is 6.61 Å². The van der Waals surface area contributed by atoms with Gasteiger partial charge >= 0.3 is 0 Å². The van der Waals surface area contributed by atoms with Crippen molar-refractivity contribution in [1.29, 1.82) is 0 Å². The van der Waals surface area contributed by atoms with Crippen LogP contribution < -0.4 is 4.90 Å². The van der Waals surface area contributed by atoms with Crippen LogP contribution in [0.4, 0.5) is 10.2 Å². The molecule has 1 N–H and O–H groups in total. The number of aliphatic hydroxyl groups is 1. The number of aryl methyl sites for hydroxylation is 1. The molecule has 0 unspecified atom stereocenters. The number of benzene rings is 1. The summed E-state index contributed by atoms with van der Waals surface area (Å²) in [6, 6.07) is 10.2. The summed E-state index contributed by atoms with van der Waals surface area (Å²) < 4.78 is 12.9. The smallest absolute Gasteiger partial charge is 0.129 e. The van der Waals surface area contributed by atoms with Gasteiger partial charge in [0.2, 0.25) is 0 Å². The second-order valence-electron chi connectivity index (χ2n) is 4.82. The predicted molar refractivity (Wildman–Crippen MR) is 78.0 cm³/mol. The van der Waals surface area contributed by atoms with E-state index in [1.54, 1.807) is 12.1 Å². The van der Waals surface area contributed by atoms with Gasteiger partial charge in [-0.3, -0.25) is 0 Å². The van der Waals surface area contributed by atoms with Crippen molar-refractivity contribution in [2.75, 3.05) is 11.9 Å². The lowest BCUT2D eigenvalue weighted by Gasteiger charge is -2.20. The molecule has 0 radical (unpaired) electrons. The molecule has 0 saturated heterocycles. The first kappa shape index (κ1) is 14.5. The summed E-state index contributed by atoms with van der Waals surface area (Å²) in [6.07, 6.45) is 0.825. The van der Waals surface area contributed by atoms with E-state index < -0.39 is 0 Å². The van der Waals surface area contributed by atoms with Crippen LogP contribution in [0.1, 0.15) is 23.7 Å². The molecule has 3 nitrogen and oxygen atoms in total. The van der Waals surface area contributed by atoms with Crippen molar-refractivity contribution in [3.63, 3.8) is 0 Å². The average molecular weight is 274 g/mol. The van der Waals surface area contributed by atoms with E-state index >= 15 is 0 Å². The predicted octanol–water partition coefficient (Wildman–Crippen LogP) is 2.91. The van der Waals surface area contributed by atoms with Gasteiger partial charge in [-0.15, -0.1) is 0 Å². The largest absolute Gasteiger partial charge is 0.392 e. The highest BCUT2D eigenvalue weighted by atomic mass is 19.1. The number of rotatable bonds is 5. The number of pyridine rings is 1. The Balaban J connectivity index is 2.19. The molecule has 0 aliphatic carbocycles. The molecule has 20 heavy (non-hydrogen) atoms. The van der Waals surface area contributed by atoms with Crippen LogP contribution >= 0.6 is 0 Å². The molecule has 2 aromatic rings. The molecule has 106 valence electrons. The monoisotopic (exact) mass is 274 g/mol.